The molecular formula is C13H23N3. The molecule has 1 heterocycles. The normalized spacial score (nSPS) is 17.8. The average Bonchev–Trinajstić information content (AvgIpc) is 3.03. The Morgan fingerprint density at radius 2 is 2.06 bits per heavy atom. The van der Waals surface area contributed by atoms with Gasteiger partial charge in [0.15, 0.2) is 0 Å². The highest BCUT2D eigenvalue weighted by atomic mass is 15.3. The molecule has 0 aliphatic heterocycles. The van der Waals surface area contributed by atoms with Crippen LogP contribution < -0.4 is 5.32 Å². The third kappa shape index (κ3) is 2.46. The molecule has 0 spiro atoms. The number of aryl methyl sites for hydroxylation is 1. The van der Waals surface area contributed by atoms with Gasteiger partial charge < -0.3 is 5.32 Å². The van der Waals surface area contributed by atoms with Crippen LogP contribution in [0.1, 0.15) is 49.2 Å². The Morgan fingerprint density at radius 3 is 2.56 bits per heavy atom. The molecule has 0 bridgehead atoms. The Labute approximate surface area is 98.2 Å². The molecule has 1 aromatic heterocycles. The summed E-state index contributed by atoms with van der Waals surface area (Å²) in [5, 5.41) is 8.17. The summed E-state index contributed by atoms with van der Waals surface area (Å²) in [4.78, 5) is 0. The van der Waals surface area contributed by atoms with E-state index in [9.17, 15) is 0 Å². The molecule has 3 nitrogen and oxygen atoms in total. The molecule has 0 saturated heterocycles. The molecular weight excluding hydrogens is 198 g/mol. The highest BCUT2D eigenvalue weighted by Crippen LogP contribution is 2.20. The first kappa shape index (κ1) is 11.6. The Balaban J connectivity index is 1.91. The summed E-state index contributed by atoms with van der Waals surface area (Å²) in [6, 6.07) is 1.31. The fourth-order valence-electron chi connectivity index (χ4n) is 2.08. The number of aromatic nitrogens is 2. The van der Waals surface area contributed by atoms with Crippen LogP contribution in [0.5, 0.6) is 0 Å². The van der Waals surface area contributed by atoms with Gasteiger partial charge in [-0.15, -0.1) is 0 Å². The summed E-state index contributed by atoms with van der Waals surface area (Å²) in [6.45, 7) is 9.79. The van der Waals surface area contributed by atoms with Crippen molar-refractivity contribution in [2.24, 2.45) is 0 Å². The second-order valence-corrected chi connectivity index (χ2v) is 5.11. The van der Waals surface area contributed by atoms with Crippen LogP contribution in [0.3, 0.4) is 0 Å². The van der Waals surface area contributed by atoms with Crippen LogP contribution in [0.15, 0.2) is 0 Å². The maximum Gasteiger partial charge on any atom is 0.0625 e. The highest BCUT2D eigenvalue weighted by Gasteiger charge is 2.20. The molecule has 0 amide bonds. The van der Waals surface area contributed by atoms with E-state index in [1.165, 1.54) is 29.8 Å². The van der Waals surface area contributed by atoms with Crippen molar-refractivity contribution in [3.63, 3.8) is 0 Å². The summed E-state index contributed by atoms with van der Waals surface area (Å²) >= 11 is 0. The molecule has 1 atom stereocenters. The zero-order valence-electron chi connectivity index (χ0n) is 10.9. The summed E-state index contributed by atoms with van der Waals surface area (Å²) < 4.78 is 2.18. The zero-order valence-corrected chi connectivity index (χ0v) is 10.9. The molecule has 1 unspecified atom stereocenters. The van der Waals surface area contributed by atoms with Gasteiger partial charge in [0.1, 0.15) is 0 Å². The Hall–Kier alpha value is -0.830. The lowest BCUT2D eigenvalue weighted by Crippen LogP contribution is -2.21. The van der Waals surface area contributed by atoms with Gasteiger partial charge in [0.05, 0.1) is 11.7 Å². The van der Waals surface area contributed by atoms with Crippen molar-refractivity contribution in [2.45, 2.75) is 59.0 Å². The van der Waals surface area contributed by atoms with Crippen LogP contribution in [0.4, 0.5) is 0 Å². The first-order chi connectivity index (χ1) is 7.59. The van der Waals surface area contributed by atoms with Gasteiger partial charge in [-0.05, 0) is 59.1 Å². The molecule has 1 aliphatic rings. The van der Waals surface area contributed by atoms with Crippen molar-refractivity contribution in [2.75, 3.05) is 6.54 Å². The molecule has 2 rings (SSSR count). The fraction of sp³-hybridized carbons (Fsp3) is 0.769. The summed E-state index contributed by atoms with van der Waals surface area (Å²) in [6.07, 6.45) is 3.90. The lowest BCUT2D eigenvalue weighted by molar-refractivity contribution is 0.433. The van der Waals surface area contributed by atoms with Gasteiger partial charge >= 0.3 is 0 Å². The maximum atomic E-state index is 4.61. The van der Waals surface area contributed by atoms with Crippen LogP contribution in [0.2, 0.25) is 0 Å². The van der Waals surface area contributed by atoms with E-state index in [4.69, 9.17) is 0 Å². The number of hydrogen-bond donors (Lipinski definition) is 1. The predicted molar refractivity (Wildman–Crippen MR) is 66.8 cm³/mol. The smallest absolute Gasteiger partial charge is 0.0625 e. The van der Waals surface area contributed by atoms with Gasteiger partial charge in [-0.1, -0.05) is 0 Å². The van der Waals surface area contributed by atoms with Crippen molar-refractivity contribution in [1.29, 1.82) is 0 Å². The van der Waals surface area contributed by atoms with Crippen LogP contribution in [-0.2, 0) is 0 Å². The van der Waals surface area contributed by atoms with E-state index in [-0.39, 0.29) is 0 Å². The lowest BCUT2D eigenvalue weighted by atomic mass is 10.2. The second-order valence-electron chi connectivity index (χ2n) is 5.11. The standard InChI is InChI=1S/C13H23N3/c1-9(7-8-14-13-5-6-13)16-12(4)10(2)11(3)15-16/h9,13-14H,5-8H2,1-4H3. The van der Waals surface area contributed by atoms with E-state index in [0.717, 1.165) is 19.0 Å². The lowest BCUT2D eigenvalue weighted by Gasteiger charge is -2.14. The molecule has 3 heteroatoms. The SMILES string of the molecule is Cc1nn(C(C)CCNC2CC2)c(C)c1C. The Morgan fingerprint density at radius 1 is 1.38 bits per heavy atom. The number of nitrogens with zero attached hydrogens (tertiary/aromatic N) is 2. The second kappa shape index (κ2) is 4.58. The van der Waals surface area contributed by atoms with E-state index < -0.39 is 0 Å². The average molecular weight is 221 g/mol. The molecule has 90 valence electrons. The van der Waals surface area contributed by atoms with Gasteiger partial charge in [0, 0.05) is 11.7 Å². The minimum atomic E-state index is 0.499. The zero-order chi connectivity index (χ0) is 11.7. The minimum absolute atomic E-state index is 0.499. The van der Waals surface area contributed by atoms with Crippen LogP contribution in [0, 0.1) is 20.8 Å². The van der Waals surface area contributed by atoms with E-state index >= 15 is 0 Å². The summed E-state index contributed by atoms with van der Waals surface area (Å²) in [5.74, 6) is 0. The molecule has 16 heavy (non-hydrogen) atoms. The molecule has 1 fully saturated rings. The third-order valence-corrected chi connectivity index (χ3v) is 3.68. The van der Waals surface area contributed by atoms with Gasteiger partial charge in [0.2, 0.25) is 0 Å². The third-order valence-electron chi connectivity index (χ3n) is 3.68. The van der Waals surface area contributed by atoms with Crippen molar-refractivity contribution in [3.8, 4) is 0 Å². The van der Waals surface area contributed by atoms with Gasteiger partial charge in [-0.2, -0.15) is 5.10 Å². The Bertz CT molecular complexity index is 363. The van der Waals surface area contributed by atoms with Gasteiger partial charge in [0.25, 0.3) is 0 Å². The topological polar surface area (TPSA) is 29.9 Å². The summed E-state index contributed by atoms with van der Waals surface area (Å²) in [5.41, 5.74) is 3.82. The van der Waals surface area contributed by atoms with E-state index in [1.54, 1.807) is 0 Å². The first-order valence-corrected chi connectivity index (χ1v) is 6.35. The van der Waals surface area contributed by atoms with E-state index in [0.29, 0.717) is 6.04 Å². The molecule has 1 N–H and O–H groups in total. The number of nitrogens with one attached hydrogen (secondary N) is 1. The Kier molecular flexibility index (Phi) is 3.33. The van der Waals surface area contributed by atoms with Crippen LogP contribution in [-0.4, -0.2) is 22.4 Å². The van der Waals surface area contributed by atoms with Crippen molar-refractivity contribution >= 4 is 0 Å². The fourth-order valence-corrected chi connectivity index (χ4v) is 2.08. The molecule has 1 saturated carbocycles. The number of rotatable bonds is 5. The van der Waals surface area contributed by atoms with E-state index in [2.05, 4.69) is 42.8 Å². The van der Waals surface area contributed by atoms with Crippen molar-refractivity contribution in [1.82, 2.24) is 15.1 Å². The quantitative estimate of drug-likeness (QED) is 0.828. The predicted octanol–water partition coefficient (Wildman–Crippen LogP) is 2.51. The van der Waals surface area contributed by atoms with Crippen LogP contribution >= 0.6 is 0 Å². The van der Waals surface area contributed by atoms with Crippen LogP contribution in [0.25, 0.3) is 0 Å². The molecule has 1 aromatic rings. The largest absolute Gasteiger partial charge is 0.314 e. The monoisotopic (exact) mass is 221 g/mol. The van der Waals surface area contributed by atoms with Gasteiger partial charge in [-0.25, -0.2) is 0 Å². The van der Waals surface area contributed by atoms with Crippen molar-refractivity contribution in [3.05, 3.63) is 17.0 Å². The molecule has 0 aromatic carbocycles. The first-order valence-electron chi connectivity index (χ1n) is 6.35. The number of hydrogen-bond acceptors (Lipinski definition) is 2. The molecule has 0 radical (unpaired) electrons. The highest BCUT2D eigenvalue weighted by molar-refractivity contribution is 5.22. The van der Waals surface area contributed by atoms with Gasteiger partial charge in [-0.3, -0.25) is 4.68 Å². The van der Waals surface area contributed by atoms with Crippen molar-refractivity contribution < 1.29 is 0 Å². The minimum Gasteiger partial charge on any atom is -0.314 e. The molecule has 1 aliphatic carbocycles. The summed E-state index contributed by atoms with van der Waals surface area (Å²) in [7, 11) is 0. The maximum absolute atomic E-state index is 4.61. The van der Waals surface area contributed by atoms with E-state index in [1.807, 2.05) is 0 Å².